The molecule has 138 valence electrons. The van der Waals surface area contributed by atoms with Gasteiger partial charge in [0.25, 0.3) is 0 Å². The van der Waals surface area contributed by atoms with Gasteiger partial charge >= 0.3 is 13.2 Å². The molecule has 1 N–H and O–H groups in total. The van der Waals surface area contributed by atoms with E-state index in [2.05, 4.69) is 19.8 Å². The van der Waals surface area contributed by atoms with Gasteiger partial charge in [-0.25, -0.2) is 4.98 Å². The van der Waals surface area contributed by atoms with Gasteiger partial charge in [0.2, 0.25) is 0 Å². The quantitative estimate of drug-likeness (QED) is 0.537. The van der Waals surface area contributed by atoms with Gasteiger partial charge in [0.15, 0.2) is 5.13 Å². The average molecular weight is 388 g/mol. The van der Waals surface area contributed by atoms with E-state index in [-0.39, 0.29) is 17.1 Å². The third-order valence-electron chi connectivity index (χ3n) is 3.17. The van der Waals surface area contributed by atoms with Crippen molar-refractivity contribution in [1.29, 1.82) is 0 Å². The Bertz CT molecular complexity index is 840. The van der Waals surface area contributed by atoms with Crippen LogP contribution in [0.1, 0.15) is 5.76 Å². The second-order valence-electron chi connectivity index (χ2n) is 4.89. The molecule has 0 bridgehead atoms. The van der Waals surface area contributed by atoms with Crippen LogP contribution in [-0.4, -0.2) is 18.2 Å². The molecule has 0 amide bonds. The molecule has 0 aliphatic carbocycles. The first-order valence-corrected chi connectivity index (χ1v) is 8.15. The van der Waals surface area contributed by atoms with Crippen LogP contribution in [0, 0.1) is 0 Å². The zero-order valence-corrected chi connectivity index (χ0v) is 13.8. The Balaban J connectivity index is 1.80. The lowest BCUT2D eigenvalue weighted by Gasteiger charge is -2.12. The molecule has 26 heavy (non-hydrogen) atoms. The van der Waals surface area contributed by atoms with Crippen molar-refractivity contribution in [3.63, 3.8) is 0 Å². The van der Waals surface area contributed by atoms with Crippen LogP contribution in [0.3, 0.4) is 0 Å². The lowest BCUT2D eigenvalue weighted by Crippen LogP contribution is -2.06. The van der Waals surface area contributed by atoms with Crippen molar-refractivity contribution in [1.82, 2.24) is 4.98 Å². The first-order chi connectivity index (χ1) is 12.5. The minimum absolute atomic E-state index is 0.231. The Morgan fingerprint density at radius 3 is 2.62 bits per heavy atom. The van der Waals surface area contributed by atoms with Crippen LogP contribution in [0.4, 0.5) is 22.7 Å². The first-order valence-electron chi connectivity index (χ1n) is 7.27. The van der Waals surface area contributed by atoms with E-state index in [0.717, 1.165) is 6.07 Å². The lowest BCUT2D eigenvalue weighted by atomic mass is 10.1. The van der Waals surface area contributed by atoms with Crippen molar-refractivity contribution in [3.05, 3.63) is 47.7 Å². The molecular formula is C16H12F4N2O3S. The summed E-state index contributed by atoms with van der Waals surface area (Å²) in [6.07, 6.45) is 1.54. The fourth-order valence-electron chi connectivity index (χ4n) is 2.14. The number of aromatic nitrogens is 1. The molecule has 0 fully saturated rings. The summed E-state index contributed by atoms with van der Waals surface area (Å²) in [5.41, 5.74) is 0.588. The molecule has 0 radical (unpaired) electrons. The number of ether oxygens (including phenoxy) is 2. The van der Waals surface area contributed by atoms with E-state index in [1.165, 1.54) is 23.5 Å². The molecule has 2 aromatic heterocycles. The van der Waals surface area contributed by atoms with E-state index in [9.17, 15) is 17.6 Å². The number of alkyl halides is 4. The van der Waals surface area contributed by atoms with Gasteiger partial charge in [-0.05, 0) is 24.3 Å². The Hall–Kier alpha value is -2.75. The van der Waals surface area contributed by atoms with Crippen molar-refractivity contribution in [2.45, 2.75) is 19.8 Å². The maximum Gasteiger partial charge on any atom is 0.387 e. The highest BCUT2D eigenvalue weighted by atomic mass is 32.1. The fourth-order valence-corrected chi connectivity index (χ4v) is 2.85. The Morgan fingerprint density at radius 1 is 1.12 bits per heavy atom. The first kappa shape index (κ1) is 18.1. The van der Waals surface area contributed by atoms with Gasteiger partial charge in [0.1, 0.15) is 17.3 Å². The fraction of sp³-hybridized carbons (Fsp3) is 0.188. The predicted molar refractivity (Wildman–Crippen MR) is 86.8 cm³/mol. The van der Waals surface area contributed by atoms with E-state index in [4.69, 9.17) is 4.42 Å². The number of thiazole rings is 1. The molecule has 0 spiro atoms. The summed E-state index contributed by atoms with van der Waals surface area (Å²) < 4.78 is 63.7. The molecule has 1 aromatic carbocycles. The predicted octanol–water partition coefficient (Wildman–Crippen LogP) is 5.22. The highest BCUT2D eigenvalue weighted by Gasteiger charge is 2.16. The molecule has 0 atom stereocenters. The number of rotatable bonds is 8. The summed E-state index contributed by atoms with van der Waals surface area (Å²) >= 11 is 1.25. The van der Waals surface area contributed by atoms with E-state index in [1.807, 2.05) is 0 Å². The lowest BCUT2D eigenvalue weighted by molar-refractivity contribution is -0.0540. The molecule has 0 aliphatic heterocycles. The number of halogens is 4. The molecule has 2 heterocycles. The Kier molecular flexibility index (Phi) is 5.61. The standard InChI is InChI=1S/C16H12F4N2O3S/c17-14(18)24-9-3-4-11(13(6-9)25-15(19)20)12-8-26-16(22-12)21-7-10-2-1-5-23-10/h1-6,8,14-15H,7H2,(H,21,22). The number of nitrogens with one attached hydrogen (secondary N) is 1. The molecule has 0 aliphatic rings. The summed E-state index contributed by atoms with van der Waals surface area (Å²) in [7, 11) is 0. The molecular weight excluding hydrogens is 376 g/mol. The molecule has 5 nitrogen and oxygen atoms in total. The van der Waals surface area contributed by atoms with E-state index >= 15 is 0 Å². The molecule has 3 aromatic rings. The highest BCUT2D eigenvalue weighted by molar-refractivity contribution is 7.14. The maximum absolute atomic E-state index is 12.6. The van der Waals surface area contributed by atoms with E-state index < -0.39 is 13.2 Å². The number of furan rings is 1. The third-order valence-corrected chi connectivity index (χ3v) is 3.97. The minimum Gasteiger partial charge on any atom is -0.467 e. The molecule has 10 heteroatoms. The van der Waals surface area contributed by atoms with Gasteiger partial charge in [0, 0.05) is 17.0 Å². The summed E-state index contributed by atoms with van der Waals surface area (Å²) in [4.78, 5) is 4.29. The summed E-state index contributed by atoms with van der Waals surface area (Å²) in [5, 5.41) is 5.20. The second kappa shape index (κ2) is 8.09. The number of anilines is 1. The molecule has 0 saturated carbocycles. The number of nitrogens with zero attached hydrogens (tertiary/aromatic N) is 1. The van der Waals surface area contributed by atoms with Gasteiger partial charge in [-0.3, -0.25) is 0 Å². The van der Waals surface area contributed by atoms with Crippen molar-refractivity contribution in [2.24, 2.45) is 0 Å². The molecule has 0 saturated heterocycles. The molecule has 3 rings (SSSR count). The van der Waals surface area contributed by atoms with Gasteiger partial charge < -0.3 is 19.2 Å². The van der Waals surface area contributed by atoms with Crippen molar-refractivity contribution in [2.75, 3.05) is 5.32 Å². The van der Waals surface area contributed by atoms with Crippen molar-refractivity contribution < 1.29 is 31.5 Å². The Morgan fingerprint density at radius 2 is 1.92 bits per heavy atom. The smallest absolute Gasteiger partial charge is 0.387 e. The van der Waals surface area contributed by atoms with Crippen LogP contribution in [0.15, 0.2) is 46.4 Å². The average Bonchev–Trinajstić information content (AvgIpc) is 3.24. The van der Waals surface area contributed by atoms with Crippen molar-refractivity contribution >= 4 is 16.5 Å². The largest absolute Gasteiger partial charge is 0.467 e. The SMILES string of the molecule is FC(F)Oc1ccc(-c2csc(NCc3ccco3)n2)c(OC(F)F)c1. The van der Waals surface area contributed by atoms with Crippen LogP contribution < -0.4 is 14.8 Å². The monoisotopic (exact) mass is 388 g/mol. The van der Waals surface area contributed by atoms with Crippen LogP contribution in [0.2, 0.25) is 0 Å². The maximum atomic E-state index is 12.6. The zero-order valence-electron chi connectivity index (χ0n) is 13.0. The zero-order chi connectivity index (χ0) is 18.5. The van der Waals surface area contributed by atoms with Crippen LogP contribution in [0.25, 0.3) is 11.3 Å². The summed E-state index contributed by atoms with van der Waals surface area (Å²) in [6, 6.07) is 7.08. The normalized spacial score (nSPS) is 11.2. The topological polar surface area (TPSA) is 56.5 Å². The van der Waals surface area contributed by atoms with Gasteiger partial charge in [-0.2, -0.15) is 17.6 Å². The van der Waals surface area contributed by atoms with Gasteiger partial charge in [-0.1, -0.05) is 0 Å². The summed E-state index contributed by atoms with van der Waals surface area (Å²) in [5.74, 6) is 0.115. The van der Waals surface area contributed by atoms with Crippen molar-refractivity contribution in [3.8, 4) is 22.8 Å². The number of benzene rings is 1. The van der Waals surface area contributed by atoms with Gasteiger partial charge in [0.05, 0.1) is 18.5 Å². The van der Waals surface area contributed by atoms with E-state index in [1.54, 1.807) is 23.8 Å². The number of hydrogen-bond donors (Lipinski definition) is 1. The Labute approximate surface area is 149 Å². The van der Waals surface area contributed by atoms with Crippen LogP contribution >= 0.6 is 11.3 Å². The van der Waals surface area contributed by atoms with Crippen LogP contribution in [-0.2, 0) is 6.54 Å². The van der Waals surface area contributed by atoms with E-state index in [0.29, 0.717) is 23.1 Å². The highest BCUT2D eigenvalue weighted by Crippen LogP contribution is 2.36. The van der Waals surface area contributed by atoms with Crippen LogP contribution in [0.5, 0.6) is 11.5 Å². The van der Waals surface area contributed by atoms with Gasteiger partial charge in [-0.15, -0.1) is 11.3 Å². The molecule has 0 unspecified atom stereocenters. The summed E-state index contributed by atoms with van der Waals surface area (Å²) in [6.45, 7) is -5.79. The second-order valence-corrected chi connectivity index (χ2v) is 5.74. The minimum atomic E-state index is -3.12. The third kappa shape index (κ3) is 4.66. The number of hydrogen-bond acceptors (Lipinski definition) is 6.